The Balaban J connectivity index is 2.70. The molecule has 20 heavy (non-hydrogen) atoms. The monoisotopic (exact) mass is 290 g/mol. The number of amides is 1. The van der Waals surface area contributed by atoms with Gasteiger partial charge in [-0.15, -0.1) is 13.2 Å². The van der Waals surface area contributed by atoms with Gasteiger partial charge in [-0.3, -0.25) is 4.79 Å². The SMILES string of the molecule is CC(C)(C)NCC(=O)Nc1ccccc1OC(F)(F)F. The number of para-hydroxylation sites is 2. The van der Waals surface area contributed by atoms with E-state index in [0.29, 0.717) is 0 Å². The zero-order chi connectivity index (χ0) is 15.4. The average molecular weight is 290 g/mol. The van der Waals surface area contributed by atoms with Gasteiger partial charge in [-0.05, 0) is 32.9 Å². The summed E-state index contributed by atoms with van der Waals surface area (Å²) in [6, 6.07) is 5.39. The van der Waals surface area contributed by atoms with Crippen LogP contribution in [-0.2, 0) is 4.79 Å². The van der Waals surface area contributed by atoms with E-state index in [2.05, 4.69) is 15.4 Å². The molecular formula is C13H17F3N2O2. The minimum atomic E-state index is -4.80. The second-order valence-electron chi connectivity index (χ2n) is 5.20. The maximum absolute atomic E-state index is 12.2. The fourth-order valence-electron chi connectivity index (χ4n) is 1.32. The molecule has 112 valence electrons. The fraction of sp³-hybridized carbons (Fsp3) is 0.462. The highest BCUT2D eigenvalue weighted by Gasteiger charge is 2.32. The van der Waals surface area contributed by atoms with Crippen molar-refractivity contribution < 1.29 is 22.7 Å². The van der Waals surface area contributed by atoms with Gasteiger partial charge in [0.05, 0.1) is 12.2 Å². The highest BCUT2D eigenvalue weighted by atomic mass is 19.4. The maximum Gasteiger partial charge on any atom is 0.573 e. The number of nitrogens with one attached hydrogen (secondary N) is 2. The standard InChI is InChI=1S/C13H17F3N2O2/c1-12(2,3)17-8-11(19)18-9-6-4-5-7-10(9)20-13(14,15)16/h4-7,17H,8H2,1-3H3,(H,18,19). The lowest BCUT2D eigenvalue weighted by Crippen LogP contribution is -2.41. The van der Waals surface area contributed by atoms with Gasteiger partial charge in [0.15, 0.2) is 5.75 Å². The van der Waals surface area contributed by atoms with Crippen molar-refractivity contribution >= 4 is 11.6 Å². The summed E-state index contributed by atoms with van der Waals surface area (Å²) in [6.45, 7) is 5.62. The van der Waals surface area contributed by atoms with Gasteiger partial charge in [-0.2, -0.15) is 0 Å². The van der Waals surface area contributed by atoms with E-state index >= 15 is 0 Å². The fourth-order valence-corrected chi connectivity index (χ4v) is 1.32. The predicted molar refractivity (Wildman–Crippen MR) is 69.5 cm³/mol. The Kier molecular flexibility index (Phi) is 4.99. The van der Waals surface area contributed by atoms with E-state index < -0.39 is 18.0 Å². The smallest absolute Gasteiger partial charge is 0.404 e. The maximum atomic E-state index is 12.2. The normalized spacial score (nSPS) is 12.1. The van der Waals surface area contributed by atoms with Crippen LogP contribution in [0.4, 0.5) is 18.9 Å². The van der Waals surface area contributed by atoms with E-state index in [0.717, 1.165) is 6.07 Å². The lowest BCUT2D eigenvalue weighted by molar-refractivity contribution is -0.274. The Morgan fingerprint density at radius 3 is 2.35 bits per heavy atom. The molecule has 0 atom stereocenters. The summed E-state index contributed by atoms with van der Waals surface area (Å²) in [5.74, 6) is -0.887. The van der Waals surface area contributed by atoms with Crippen LogP contribution in [0.15, 0.2) is 24.3 Å². The van der Waals surface area contributed by atoms with Crippen molar-refractivity contribution in [2.45, 2.75) is 32.7 Å². The van der Waals surface area contributed by atoms with Crippen LogP contribution in [0, 0.1) is 0 Å². The zero-order valence-electron chi connectivity index (χ0n) is 11.5. The first kappa shape index (κ1) is 16.3. The molecule has 0 spiro atoms. The van der Waals surface area contributed by atoms with E-state index in [-0.39, 0.29) is 17.8 Å². The molecule has 0 saturated heterocycles. The number of anilines is 1. The van der Waals surface area contributed by atoms with E-state index in [1.807, 2.05) is 20.8 Å². The molecule has 0 aromatic heterocycles. The van der Waals surface area contributed by atoms with Gasteiger partial charge in [0, 0.05) is 5.54 Å². The van der Waals surface area contributed by atoms with Crippen LogP contribution in [0.5, 0.6) is 5.75 Å². The molecule has 1 amide bonds. The molecule has 0 heterocycles. The van der Waals surface area contributed by atoms with Crippen molar-refractivity contribution in [3.05, 3.63) is 24.3 Å². The van der Waals surface area contributed by atoms with Gasteiger partial charge in [0.2, 0.25) is 5.91 Å². The third-order valence-corrected chi connectivity index (χ3v) is 2.17. The topological polar surface area (TPSA) is 50.4 Å². The van der Waals surface area contributed by atoms with Crippen molar-refractivity contribution in [3.63, 3.8) is 0 Å². The van der Waals surface area contributed by atoms with Crippen molar-refractivity contribution in [3.8, 4) is 5.75 Å². The second-order valence-corrected chi connectivity index (χ2v) is 5.20. The van der Waals surface area contributed by atoms with Crippen LogP contribution >= 0.6 is 0 Å². The summed E-state index contributed by atoms with van der Waals surface area (Å²) < 4.78 is 40.5. The number of halogens is 3. The van der Waals surface area contributed by atoms with Crippen LogP contribution in [0.25, 0.3) is 0 Å². The molecule has 2 N–H and O–H groups in total. The summed E-state index contributed by atoms with van der Waals surface area (Å²) in [5.41, 5.74) is -0.287. The Morgan fingerprint density at radius 1 is 1.20 bits per heavy atom. The molecule has 0 aliphatic carbocycles. The van der Waals surface area contributed by atoms with Gasteiger partial charge in [0.1, 0.15) is 0 Å². The minimum absolute atomic E-state index is 0.0101. The predicted octanol–water partition coefficient (Wildman–Crippen LogP) is 2.91. The van der Waals surface area contributed by atoms with Crippen LogP contribution in [0.2, 0.25) is 0 Å². The molecule has 0 fully saturated rings. The summed E-state index contributed by atoms with van der Waals surface area (Å²) in [4.78, 5) is 11.7. The molecule has 0 saturated carbocycles. The molecule has 0 aliphatic rings. The largest absolute Gasteiger partial charge is 0.573 e. The molecule has 0 aliphatic heterocycles. The van der Waals surface area contributed by atoms with E-state index in [4.69, 9.17) is 0 Å². The number of benzene rings is 1. The van der Waals surface area contributed by atoms with Crippen molar-refractivity contribution in [1.29, 1.82) is 0 Å². The van der Waals surface area contributed by atoms with Crippen molar-refractivity contribution in [2.24, 2.45) is 0 Å². The number of rotatable bonds is 4. The first-order valence-corrected chi connectivity index (χ1v) is 5.96. The lowest BCUT2D eigenvalue weighted by Gasteiger charge is -2.20. The van der Waals surface area contributed by atoms with Crippen LogP contribution in [0.3, 0.4) is 0 Å². The molecular weight excluding hydrogens is 273 g/mol. The number of hydrogen-bond donors (Lipinski definition) is 2. The summed E-state index contributed by atoms with van der Waals surface area (Å²) >= 11 is 0. The number of carbonyl (C=O) groups is 1. The molecule has 1 rings (SSSR count). The zero-order valence-corrected chi connectivity index (χ0v) is 11.5. The van der Waals surface area contributed by atoms with E-state index in [9.17, 15) is 18.0 Å². The summed E-state index contributed by atoms with van der Waals surface area (Å²) in [7, 11) is 0. The van der Waals surface area contributed by atoms with Crippen molar-refractivity contribution in [2.75, 3.05) is 11.9 Å². The Labute approximate surface area is 115 Å². The highest BCUT2D eigenvalue weighted by molar-refractivity contribution is 5.93. The molecule has 1 aromatic carbocycles. The number of ether oxygens (including phenoxy) is 1. The van der Waals surface area contributed by atoms with Gasteiger partial charge in [-0.1, -0.05) is 12.1 Å². The first-order chi connectivity index (χ1) is 9.07. The Morgan fingerprint density at radius 2 is 1.80 bits per heavy atom. The molecule has 4 nitrogen and oxygen atoms in total. The third kappa shape index (κ3) is 6.42. The summed E-state index contributed by atoms with van der Waals surface area (Å²) in [6.07, 6.45) is -4.80. The van der Waals surface area contributed by atoms with Gasteiger partial charge in [-0.25, -0.2) is 0 Å². The highest BCUT2D eigenvalue weighted by Crippen LogP contribution is 2.29. The first-order valence-electron chi connectivity index (χ1n) is 5.96. The van der Waals surface area contributed by atoms with Crippen LogP contribution < -0.4 is 15.4 Å². The lowest BCUT2D eigenvalue weighted by atomic mass is 10.1. The third-order valence-electron chi connectivity index (χ3n) is 2.17. The number of alkyl halides is 3. The van der Waals surface area contributed by atoms with Gasteiger partial charge < -0.3 is 15.4 Å². The van der Waals surface area contributed by atoms with E-state index in [1.54, 1.807) is 0 Å². The van der Waals surface area contributed by atoms with Crippen LogP contribution in [-0.4, -0.2) is 24.4 Å². The Hall–Kier alpha value is -1.76. The quantitative estimate of drug-likeness (QED) is 0.896. The average Bonchev–Trinajstić information content (AvgIpc) is 2.26. The molecule has 1 aromatic rings. The van der Waals surface area contributed by atoms with Gasteiger partial charge >= 0.3 is 6.36 Å². The number of carbonyl (C=O) groups excluding carboxylic acids is 1. The molecule has 0 bridgehead atoms. The Bertz CT molecular complexity index is 467. The summed E-state index contributed by atoms with van der Waals surface area (Å²) in [5, 5.41) is 5.31. The van der Waals surface area contributed by atoms with Gasteiger partial charge in [0.25, 0.3) is 0 Å². The molecule has 0 radical (unpaired) electrons. The second kappa shape index (κ2) is 6.13. The van der Waals surface area contributed by atoms with E-state index in [1.165, 1.54) is 18.2 Å². The minimum Gasteiger partial charge on any atom is -0.404 e. The van der Waals surface area contributed by atoms with Crippen LogP contribution in [0.1, 0.15) is 20.8 Å². The molecule has 7 heteroatoms. The number of hydrogen-bond acceptors (Lipinski definition) is 3. The molecule has 0 unspecified atom stereocenters. The van der Waals surface area contributed by atoms with Crippen molar-refractivity contribution in [1.82, 2.24) is 5.32 Å².